The number of aromatic nitrogens is 1. The molecule has 1 saturated carbocycles. The molecule has 1 fully saturated rings. The smallest absolute Gasteiger partial charge is 0.143 e. The maximum atomic E-state index is 5.37. The van der Waals surface area contributed by atoms with Gasteiger partial charge in [0, 0.05) is 17.2 Å². The summed E-state index contributed by atoms with van der Waals surface area (Å²) in [6, 6.07) is 0. The van der Waals surface area contributed by atoms with E-state index in [1.807, 2.05) is 0 Å². The summed E-state index contributed by atoms with van der Waals surface area (Å²) in [6.45, 7) is 2.09. The second-order valence-electron chi connectivity index (χ2n) is 3.76. The fourth-order valence-corrected chi connectivity index (χ4v) is 2.39. The van der Waals surface area contributed by atoms with Crippen molar-refractivity contribution in [3.8, 4) is 0 Å². The zero-order valence-electron chi connectivity index (χ0n) is 7.92. The molecule has 0 atom stereocenters. The Bertz CT molecular complexity index is 289. The Balaban J connectivity index is 2.24. The average molecular weight is 197 g/mol. The molecule has 3 heteroatoms. The minimum atomic E-state index is 0.626. The van der Waals surface area contributed by atoms with Crippen LogP contribution in [-0.4, -0.2) is 5.16 Å². The van der Waals surface area contributed by atoms with Gasteiger partial charge in [-0.25, -0.2) is 0 Å². The summed E-state index contributed by atoms with van der Waals surface area (Å²) in [5.74, 6) is 2.42. The first-order valence-electron chi connectivity index (χ1n) is 4.89. The summed E-state index contributed by atoms with van der Waals surface area (Å²) < 4.78 is 5.37. The van der Waals surface area contributed by atoms with Crippen molar-refractivity contribution in [3.63, 3.8) is 0 Å². The first-order chi connectivity index (χ1) is 6.33. The fraction of sp³-hybridized carbons (Fsp3) is 0.700. The van der Waals surface area contributed by atoms with Crippen LogP contribution >= 0.6 is 12.6 Å². The third kappa shape index (κ3) is 1.62. The predicted molar refractivity (Wildman–Crippen MR) is 55.1 cm³/mol. The van der Waals surface area contributed by atoms with Crippen molar-refractivity contribution in [1.82, 2.24) is 5.16 Å². The summed E-state index contributed by atoms with van der Waals surface area (Å²) in [4.78, 5) is 0. The van der Waals surface area contributed by atoms with Crippen molar-refractivity contribution < 1.29 is 4.52 Å². The molecule has 2 rings (SSSR count). The van der Waals surface area contributed by atoms with Crippen molar-refractivity contribution in [2.75, 3.05) is 0 Å². The van der Waals surface area contributed by atoms with Crippen molar-refractivity contribution >= 4 is 12.6 Å². The van der Waals surface area contributed by atoms with E-state index in [0.717, 1.165) is 11.5 Å². The lowest BCUT2D eigenvalue weighted by molar-refractivity contribution is 0.356. The van der Waals surface area contributed by atoms with E-state index in [1.54, 1.807) is 0 Å². The lowest BCUT2D eigenvalue weighted by Gasteiger charge is -2.04. The Labute approximate surface area is 84.1 Å². The van der Waals surface area contributed by atoms with E-state index in [2.05, 4.69) is 24.7 Å². The summed E-state index contributed by atoms with van der Waals surface area (Å²) >= 11 is 4.21. The third-order valence-electron chi connectivity index (χ3n) is 2.93. The Morgan fingerprint density at radius 3 is 2.69 bits per heavy atom. The third-order valence-corrected chi connectivity index (χ3v) is 3.23. The molecule has 1 aliphatic rings. The molecule has 0 radical (unpaired) electrons. The lowest BCUT2D eigenvalue weighted by atomic mass is 10.0. The average Bonchev–Trinajstić information content (AvgIpc) is 2.72. The van der Waals surface area contributed by atoms with Crippen LogP contribution in [0.3, 0.4) is 0 Å². The first kappa shape index (κ1) is 9.13. The van der Waals surface area contributed by atoms with Crippen LogP contribution in [0.1, 0.15) is 48.6 Å². The molecule has 2 nitrogen and oxygen atoms in total. The van der Waals surface area contributed by atoms with Gasteiger partial charge in [-0.15, -0.1) is 0 Å². The van der Waals surface area contributed by atoms with Gasteiger partial charge in [-0.05, 0) is 19.8 Å². The van der Waals surface area contributed by atoms with Crippen LogP contribution in [0.2, 0.25) is 0 Å². The second kappa shape index (κ2) is 3.74. The largest absolute Gasteiger partial charge is 0.361 e. The molecule has 1 aliphatic carbocycles. The maximum Gasteiger partial charge on any atom is 0.143 e. The topological polar surface area (TPSA) is 26.0 Å². The van der Waals surface area contributed by atoms with Crippen LogP contribution < -0.4 is 0 Å². The quantitative estimate of drug-likeness (QED) is 0.737. The van der Waals surface area contributed by atoms with Crippen LogP contribution in [0.25, 0.3) is 0 Å². The molecule has 0 N–H and O–H groups in total. The van der Waals surface area contributed by atoms with Gasteiger partial charge in [-0.1, -0.05) is 18.0 Å². The molecule has 72 valence electrons. The number of hydrogen-bond donors (Lipinski definition) is 1. The monoisotopic (exact) mass is 197 g/mol. The molecule has 13 heavy (non-hydrogen) atoms. The highest BCUT2D eigenvalue weighted by Gasteiger charge is 2.24. The number of rotatable bonds is 2. The van der Waals surface area contributed by atoms with Gasteiger partial charge in [0.15, 0.2) is 0 Å². The highest BCUT2D eigenvalue weighted by atomic mass is 32.1. The van der Waals surface area contributed by atoms with E-state index >= 15 is 0 Å². The molecular formula is C10H15NOS. The van der Waals surface area contributed by atoms with Gasteiger partial charge in [-0.2, -0.15) is 12.6 Å². The Morgan fingerprint density at radius 2 is 2.15 bits per heavy atom. The standard InChI is InChI=1S/C10H15NOS/c1-7-9(6-13)11-12-10(7)8-4-2-3-5-8/h8,13H,2-6H2,1H3. The minimum absolute atomic E-state index is 0.626. The van der Waals surface area contributed by atoms with E-state index in [-0.39, 0.29) is 0 Å². The van der Waals surface area contributed by atoms with Crippen molar-refractivity contribution in [3.05, 3.63) is 17.0 Å². The molecule has 0 aliphatic heterocycles. The van der Waals surface area contributed by atoms with Crippen LogP contribution in [0.15, 0.2) is 4.52 Å². The molecule has 1 aromatic heterocycles. The molecular weight excluding hydrogens is 182 g/mol. The first-order valence-corrected chi connectivity index (χ1v) is 5.52. The zero-order chi connectivity index (χ0) is 9.26. The van der Waals surface area contributed by atoms with E-state index < -0.39 is 0 Å². The summed E-state index contributed by atoms with van der Waals surface area (Å²) in [7, 11) is 0. The van der Waals surface area contributed by atoms with E-state index in [4.69, 9.17) is 4.52 Å². The molecule has 0 spiro atoms. The van der Waals surface area contributed by atoms with Gasteiger partial charge in [0.25, 0.3) is 0 Å². The SMILES string of the molecule is Cc1c(CS)noc1C1CCCC1. The molecule has 1 heterocycles. The molecule has 0 amide bonds. The Morgan fingerprint density at radius 1 is 1.46 bits per heavy atom. The predicted octanol–water partition coefficient (Wildman–Crippen LogP) is 3.07. The van der Waals surface area contributed by atoms with Gasteiger partial charge in [-0.3, -0.25) is 0 Å². The highest BCUT2D eigenvalue weighted by Crippen LogP contribution is 2.36. The van der Waals surface area contributed by atoms with E-state index in [9.17, 15) is 0 Å². The van der Waals surface area contributed by atoms with Crippen LogP contribution in [-0.2, 0) is 5.75 Å². The van der Waals surface area contributed by atoms with Crippen molar-refractivity contribution in [2.45, 2.75) is 44.3 Å². The molecule has 0 bridgehead atoms. The maximum absolute atomic E-state index is 5.37. The number of hydrogen-bond acceptors (Lipinski definition) is 3. The molecule has 1 aromatic rings. The second-order valence-corrected chi connectivity index (χ2v) is 4.07. The highest BCUT2D eigenvalue weighted by molar-refractivity contribution is 7.79. The molecule has 0 unspecified atom stereocenters. The van der Waals surface area contributed by atoms with E-state index in [0.29, 0.717) is 11.7 Å². The van der Waals surface area contributed by atoms with Gasteiger partial charge in [0.05, 0.1) is 5.69 Å². The number of thiol groups is 1. The normalized spacial score (nSPS) is 18.3. The summed E-state index contributed by atoms with van der Waals surface area (Å²) in [6.07, 6.45) is 5.20. The minimum Gasteiger partial charge on any atom is -0.361 e. The van der Waals surface area contributed by atoms with Crippen molar-refractivity contribution in [2.24, 2.45) is 0 Å². The van der Waals surface area contributed by atoms with Crippen LogP contribution in [0.5, 0.6) is 0 Å². The van der Waals surface area contributed by atoms with Crippen molar-refractivity contribution in [1.29, 1.82) is 0 Å². The molecule has 0 saturated heterocycles. The zero-order valence-corrected chi connectivity index (χ0v) is 8.81. The van der Waals surface area contributed by atoms with Gasteiger partial charge < -0.3 is 4.52 Å². The van der Waals surface area contributed by atoms with Gasteiger partial charge in [0.1, 0.15) is 5.76 Å². The van der Waals surface area contributed by atoms with Crippen LogP contribution in [0, 0.1) is 6.92 Å². The summed E-state index contributed by atoms with van der Waals surface area (Å²) in [5, 5.41) is 4.03. The van der Waals surface area contributed by atoms with Gasteiger partial charge in [0.2, 0.25) is 0 Å². The Kier molecular flexibility index (Phi) is 2.63. The fourth-order valence-electron chi connectivity index (χ4n) is 2.10. The molecule has 0 aromatic carbocycles. The van der Waals surface area contributed by atoms with Crippen LogP contribution in [0.4, 0.5) is 0 Å². The van der Waals surface area contributed by atoms with E-state index in [1.165, 1.54) is 31.2 Å². The summed E-state index contributed by atoms with van der Waals surface area (Å²) in [5.41, 5.74) is 2.23. The lowest BCUT2D eigenvalue weighted by Crippen LogP contribution is -1.92. The Hall–Kier alpha value is -0.440. The van der Waals surface area contributed by atoms with Gasteiger partial charge >= 0.3 is 0 Å². The number of nitrogens with zero attached hydrogens (tertiary/aromatic N) is 1.